The number of hydrogen-bond donors (Lipinski definition) is 1. The number of nitrogens with zero attached hydrogens (tertiary/aromatic N) is 2. The molecule has 0 amide bonds. The van der Waals surface area contributed by atoms with Crippen LogP contribution in [0.3, 0.4) is 0 Å². The van der Waals surface area contributed by atoms with Crippen LogP contribution in [0.5, 0.6) is 0 Å². The minimum absolute atomic E-state index is 0.326. The first-order chi connectivity index (χ1) is 7.25. The van der Waals surface area contributed by atoms with Gasteiger partial charge in [0.15, 0.2) is 0 Å². The fourth-order valence-electron chi connectivity index (χ4n) is 1.81. The van der Waals surface area contributed by atoms with Gasteiger partial charge in [-0.1, -0.05) is 0 Å². The number of furan rings is 1. The lowest BCUT2D eigenvalue weighted by atomic mass is 10.2. The van der Waals surface area contributed by atoms with Gasteiger partial charge in [-0.05, 0) is 20.0 Å². The Morgan fingerprint density at radius 2 is 2.07 bits per heavy atom. The van der Waals surface area contributed by atoms with Crippen molar-refractivity contribution in [2.75, 3.05) is 33.2 Å². The Labute approximate surface area is 90.8 Å². The van der Waals surface area contributed by atoms with Gasteiger partial charge in [0.25, 0.3) is 0 Å². The maximum absolute atomic E-state index is 5.08. The molecule has 4 heteroatoms. The van der Waals surface area contributed by atoms with E-state index >= 15 is 0 Å². The molecule has 1 aliphatic rings. The second kappa shape index (κ2) is 4.79. The highest BCUT2D eigenvalue weighted by molar-refractivity contribution is 5.09. The van der Waals surface area contributed by atoms with Crippen molar-refractivity contribution < 1.29 is 4.42 Å². The molecule has 1 saturated heterocycles. The van der Waals surface area contributed by atoms with Crippen LogP contribution in [-0.4, -0.2) is 43.1 Å². The summed E-state index contributed by atoms with van der Waals surface area (Å²) in [6.07, 6.45) is 3.52. The van der Waals surface area contributed by atoms with E-state index in [9.17, 15) is 0 Å². The summed E-state index contributed by atoms with van der Waals surface area (Å²) in [5.74, 6) is 0. The second-order valence-corrected chi connectivity index (χ2v) is 4.20. The van der Waals surface area contributed by atoms with E-state index in [4.69, 9.17) is 4.42 Å². The fourth-order valence-corrected chi connectivity index (χ4v) is 1.81. The van der Waals surface area contributed by atoms with Gasteiger partial charge in [-0.3, -0.25) is 0 Å². The van der Waals surface area contributed by atoms with Crippen LogP contribution >= 0.6 is 0 Å². The zero-order valence-electron chi connectivity index (χ0n) is 9.44. The summed E-state index contributed by atoms with van der Waals surface area (Å²) >= 11 is 0. The van der Waals surface area contributed by atoms with Gasteiger partial charge in [0.2, 0.25) is 0 Å². The van der Waals surface area contributed by atoms with Gasteiger partial charge >= 0.3 is 0 Å². The summed E-state index contributed by atoms with van der Waals surface area (Å²) in [6.45, 7) is 6.58. The Morgan fingerprint density at radius 3 is 2.67 bits per heavy atom. The number of nitrogens with one attached hydrogen (secondary N) is 1. The second-order valence-electron chi connectivity index (χ2n) is 4.20. The molecule has 1 unspecified atom stereocenters. The lowest BCUT2D eigenvalue weighted by molar-refractivity contribution is 0.0898. The van der Waals surface area contributed by atoms with Crippen molar-refractivity contribution in [2.45, 2.75) is 13.0 Å². The molecule has 1 aliphatic heterocycles. The minimum atomic E-state index is 0.326. The molecule has 0 radical (unpaired) electrons. The summed E-state index contributed by atoms with van der Waals surface area (Å²) in [6, 6.07) is 2.33. The van der Waals surface area contributed by atoms with Crippen LogP contribution in [0, 0.1) is 0 Å². The normalized spacial score (nSPS) is 21.7. The van der Waals surface area contributed by atoms with E-state index in [0.717, 1.165) is 26.2 Å². The van der Waals surface area contributed by atoms with Crippen molar-refractivity contribution in [3.8, 4) is 0 Å². The average molecular weight is 209 g/mol. The van der Waals surface area contributed by atoms with E-state index in [0.29, 0.717) is 6.04 Å². The van der Waals surface area contributed by atoms with E-state index in [1.165, 1.54) is 5.56 Å². The summed E-state index contributed by atoms with van der Waals surface area (Å²) < 4.78 is 5.08. The molecule has 0 spiro atoms. The summed E-state index contributed by atoms with van der Waals surface area (Å²) in [5, 5.41) is 2.29. The molecule has 2 heterocycles. The third-order valence-electron chi connectivity index (χ3n) is 2.92. The lowest BCUT2D eigenvalue weighted by Crippen LogP contribution is -2.51. The molecule has 1 fully saturated rings. The Morgan fingerprint density at radius 1 is 1.33 bits per heavy atom. The molecular weight excluding hydrogens is 190 g/mol. The molecule has 0 aliphatic carbocycles. The van der Waals surface area contributed by atoms with Crippen molar-refractivity contribution in [3.63, 3.8) is 0 Å². The fraction of sp³-hybridized carbons (Fsp3) is 0.636. The number of rotatable bonds is 3. The third-order valence-corrected chi connectivity index (χ3v) is 2.92. The predicted octanol–water partition coefficient (Wildman–Crippen LogP) is 1.09. The lowest BCUT2D eigenvalue weighted by Gasteiger charge is -2.34. The van der Waals surface area contributed by atoms with E-state index in [-0.39, 0.29) is 0 Å². The first kappa shape index (κ1) is 10.7. The monoisotopic (exact) mass is 209 g/mol. The number of hydrogen-bond acceptors (Lipinski definition) is 4. The zero-order chi connectivity index (χ0) is 10.7. The maximum Gasteiger partial charge on any atom is 0.0950 e. The maximum atomic E-state index is 5.08. The molecule has 1 N–H and O–H groups in total. The highest BCUT2D eigenvalue weighted by Gasteiger charge is 2.16. The Kier molecular flexibility index (Phi) is 3.41. The van der Waals surface area contributed by atoms with Crippen molar-refractivity contribution >= 4 is 0 Å². The molecule has 4 nitrogen and oxygen atoms in total. The Balaban J connectivity index is 1.82. The van der Waals surface area contributed by atoms with Gasteiger partial charge in [0, 0.05) is 37.8 Å². The van der Waals surface area contributed by atoms with Gasteiger partial charge in [-0.15, -0.1) is 0 Å². The number of piperazine rings is 1. The molecule has 1 aromatic rings. The minimum Gasteiger partial charge on any atom is -0.472 e. The Bertz CT molecular complexity index is 278. The molecule has 1 aromatic heterocycles. The number of likely N-dealkylation sites (N-methyl/N-ethyl adjacent to an activating group) is 1. The molecule has 0 saturated carbocycles. The van der Waals surface area contributed by atoms with Crippen LogP contribution in [0.2, 0.25) is 0 Å². The van der Waals surface area contributed by atoms with E-state index in [1.54, 1.807) is 12.5 Å². The van der Waals surface area contributed by atoms with E-state index in [1.807, 2.05) is 6.07 Å². The topological polar surface area (TPSA) is 31.6 Å². The largest absolute Gasteiger partial charge is 0.472 e. The van der Waals surface area contributed by atoms with E-state index in [2.05, 4.69) is 29.3 Å². The molecule has 1 atom stereocenters. The highest BCUT2D eigenvalue weighted by atomic mass is 16.3. The van der Waals surface area contributed by atoms with Gasteiger partial charge < -0.3 is 9.32 Å². The van der Waals surface area contributed by atoms with Crippen LogP contribution in [-0.2, 0) is 0 Å². The van der Waals surface area contributed by atoms with Crippen molar-refractivity contribution in [1.29, 1.82) is 0 Å². The van der Waals surface area contributed by atoms with Crippen LogP contribution < -0.4 is 5.43 Å². The summed E-state index contributed by atoms with van der Waals surface area (Å²) in [7, 11) is 2.16. The highest BCUT2D eigenvalue weighted by Crippen LogP contribution is 2.13. The van der Waals surface area contributed by atoms with Crippen LogP contribution in [0.1, 0.15) is 18.5 Å². The Hall–Kier alpha value is -0.840. The predicted molar refractivity (Wildman–Crippen MR) is 59.3 cm³/mol. The SMILES string of the molecule is CC(NN1CCN(C)CC1)c1ccoc1. The quantitative estimate of drug-likeness (QED) is 0.807. The third kappa shape index (κ3) is 2.81. The molecule has 84 valence electrons. The van der Waals surface area contributed by atoms with Crippen molar-refractivity contribution in [2.24, 2.45) is 0 Å². The molecular formula is C11H19N3O. The standard InChI is InChI=1S/C11H19N3O/c1-10(11-3-8-15-9-11)12-14-6-4-13(2)5-7-14/h3,8-10,12H,4-7H2,1-2H3. The van der Waals surface area contributed by atoms with Gasteiger partial charge in [0.05, 0.1) is 12.5 Å². The number of hydrazine groups is 1. The van der Waals surface area contributed by atoms with Crippen LogP contribution in [0.25, 0.3) is 0 Å². The molecule has 0 bridgehead atoms. The molecule has 2 rings (SSSR count). The molecule has 0 aromatic carbocycles. The average Bonchev–Trinajstić information content (AvgIpc) is 2.74. The zero-order valence-corrected chi connectivity index (χ0v) is 9.44. The first-order valence-electron chi connectivity index (χ1n) is 5.47. The van der Waals surface area contributed by atoms with E-state index < -0.39 is 0 Å². The van der Waals surface area contributed by atoms with Gasteiger partial charge in [-0.25, -0.2) is 10.4 Å². The first-order valence-corrected chi connectivity index (χ1v) is 5.47. The van der Waals surface area contributed by atoms with Gasteiger partial charge in [-0.2, -0.15) is 0 Å². The summed E-state index contributed by atoms with van der Waals surface area (Å²) in [5.41, 5.74) is 4.69. The molecule has 15 heavy (non-hydrogen) atoms. The van der Waals surface area contributed by atoms with Crippen LogP contribution in [0.15, 0.2) is 23.0 Å². The summed E-state index contributed by atoms with van der Waals surface area (Å²) in [4.78, 5) is 2.35. The smallest absolute Gasteiger partial charge is 0.0950 e. The van der Waals surface area contributed by atoms with Crippen molar-refractivity contribution in [3.05, 3.63) is 24.2 Å². The van der Waals surface area contributed by atoms with Crippen LogP contribution in [0.4, 0.5) is 0 Å². The van der Waals surface area contributed by atoms with Gasteiger partial charge in [0.1, 0.15) is 0 Å². The van der Waals surface area contributed by atoms with Crippen molar-refractivity contribution in [1.82, 2.24) is 15.3 Å².